The molecule has 2 aliphatic heterocycles. The van der Waals surface area contributed by atoms with Crippen LogP contribution in [0.3, 0.4) is 0 Å². The van der Waals surface area contributed by atoms with Crippen LogP contribution in [0.2, 0.25) is 0 Å². The first-order valence-electron chi connectivity index (χ1n) is 8.34. The Labute approximate surface area is 167 Å². The smallest absolute Gasteiger partial charge is 0.346 e. The van der Waals surface area contributed by atoms with E-state index in [0.29, 0.717) is 11.1 Å². The van der Waals surface area contributed by atoms with Gasteiger partial charge in [-0.25, -0.2) is 19.2 Å². The summed E-state index contributed by atoms with van der Waals surface area (Å²) in [6.07, 6.45) is 2.17. The third-order valence-corrected chi connectivity index (χ3v) is 3.07. The molecule has 0 fully saturated rings. The van der Waals surface area contributed by atoms with E-state index in [2.05, 4.69) is 9.47 Å². The number of esters is 4. The lowest BCUT2D eigenvalue weighted by Crippen LogP contribution is -2.20. The van der Waals surface area contributed by atoms with Crippen molar-refractivity contribution < 1.29 is 49.1 Å². The van der Waals surface area contributed by atoms with Gasteiger partial charge in [0.1, 0.15) is 0 Å². The van der Waals surface area contributed by atoms with Crippen LogP contribution < -0.4 is 0 Å². The van der Waals surface area contributed by atoms with Crippen molar-refractivity contribution in [3.63, 3.8) is 0 Å². The highest BCUT2D eigenvalue weighted by molar-refractivity contribution is 6.14. The van der Waals surface area contributed by atoms with Gasteiger partial charge in [0.2, 0.25) is 0 Å². The topological polar surface area (TPSA) is 168 Å². The molecular formula is C19H24O10. The second-order valence-electron chi connectivity index (χ2n) is 6.22. The molecule has 0 radical (unpaired) electrons. The van der Waals surface area contributed by atoms with Gasteiger partial charge in [0.15, 0.2) is 0 Å². The molecular weight excluding hydrogens is 388 g/mol. The molecule has 10 nitrogen and oxygen atoms in total. The van der Waals surface area contributed by atoms with Crippen LogP contribution in [0.1, 0.15) is 34.6 Å². The maximum atomic E-state index is 10.8. The number of hydrogen-bond donors (Lipinski definition) is 4. The number of cyclic esters (lactones) is 4. The molecule has 0 bridgehead atoms. The quantitative estimate of drug-likeness (QED) is 0.378. The fourth-order valence-corrected chi connectivity index (χ4v) is 1.39. The van der Waals surface area contributed by atoms with Gasteiger partial charge in [-0.15, -0.1) is 0 Å². The van der Waals surface area contributed by atoms with Gasteiger partial charge < -0.3 is 29.9 Å². The van der Waals surface area contributed by atoms with Crippen molar-refractivity contribution in [3.05, 3.63) is 47.5 Å². The van der Waals surface area contributed by atoms with Gasteiger partial charge in [-0.1, -0.05) is 26.0 Å². The number of carbonyl (C=O) groups excluding carboxylic acids is 4. The van der Waals surface area contributed by atoms with Crippen molar-refractivity contribution in [1.82, 2.24) is 0 Å². The summed E-state index contributed by atoms with van der Waals surface area (Å²) in [5.74, 6) is -2.26. The molecule has 0 aliphatic carbocycles. The molecule has 4 N–H and O–H groups in total. The maximum absolute atomic E-state index is 10.8. The molecule has 0 saturated heterocycles. The molecule has 0 saturated carbocycles. The Hall–Kier alpha value is -2.92. The Balaban J connectivity index is 0.000000386. The number of hydrogen-bond acceptors (Lipinski definition) is 10. The van der Waals surface area contributed by atoms with Gasteiger partial charge in [0.05, 0.1) is 37.6 Å². The standard InChI is InChI=1S/C8H4O3.C5H12O2.C4H2O3.C2H6O2/c9-7-5-3-1-2-4-6(5)8(10)11-7;1-5(2,3-6)4-7;5-3-1-2-4(6)7-3;3-1-2-4/h1-4H;6-7H,3-4H2,1-2H3;1-2H;3-4H,1-2H2. The van der Waals surface area contributed by atoms with Gasteiger partial charge in [-0.3, -0.25) is 0 Å². The largest absolute Gasteiger partial charge is 0.396 e. The second-order valence-corrected chi connectivity index (χ2v) is 6.22. The monoisotopic (exact) mass is 412 g/mol. The molecule has 0 aromatic heterocycles. The van der Waals surface area contributed by atoms with E-state index in [1.54, 1.807) is 38.1 Å². The molecule has 10 heteroatoms. The van der Waals surface area contributed by atoms with E-state index in [-0.39, 0.29) is 31.8 Å². The third kappa shape index (κ3) is 10.3. The molecule has 0 atom stereocenters. The second kappa shape index (κ2) is 13.3. The van der Waals surface area contributed by atoms with Crippen molar-refractivity contribution >= 4 is 23.9 Å². The minimum absolute atomic E-state index is 0.0451. The Kier molecular flexibility index (Phi) is 12.0. The first kappa shape index (κ1) is 26.1. The molecule has 2 heterocycles. The molecule has 1 aromatic rings. The summed E-state index contributed by atoms with van der Waals surface area (Å²) in [5.41, 5.74) is 0.412. The van der Waals surface area contributed by atoms with Gasteiger partial charge in [-0.2, -0.15) is 0 Å². The van der Waals surface area contributed by atoms with Crippen LogP contribution in [0.4, 0.5) is 0 Å². The molecule has 160 valence electrons. The predicted octanol–water partition coefficient (Wildman–Crippen LogP) is -0.409. The van der Waals surface area contributed by atoms with Crippen LogP contribution >= 0.6 is 0 Å². The SMILES string of the molecule is CC(C)(CO)CO.O=C1C=CC(=O)O1.O=C1OC(=O)c2ccccc21.OCCO. The zero-order valence-corrected chi connectivity index (χ0v) is 16.0. The van der Waals surface area contributed by atoms with Crippen LogP contribution in [-0.2, 0) is 19.1 Å². The molecule has 0 spiro atoms. The summed E-state index contributed by atoms with van der Waals surface area (Å²) in [4.78, 5) is 41.5. The summed E-state index contributed by atoms with van der Waals surface area (Å²) in [6, 6.07) is 6.53. The zero-order chi connectivity index (χ0) is 22.4. The molecule has 2 aliphatic rings. The van der Waals surface area contributed by atoms with Gasteiger partial charge in [0, 0.05) is 17.6 Å². The average molecular weight is 412 g/mol. The molecule has 0 amide bonds. The maximum Gasteiger partial charge on any atom is 0.346 e. The lowest BCUT2D eigenvalue weighted by molar-refractivity contribution is -0.150. The summed E-state index contributed by atoms with van der Waals surface area (Å²) in [7, 11) is 0. The van der Waals surface area contributed by atoms with Crippen molar-refractivity contribution in [2.45, 2.75) is 13.8 Å². The van der Waals surface area contributed by atoms with Crippen LogP contribution in [0.25, 0.3) is 0 Å². The number of ether oxygens (including phenoxy) is 2. The highest BCUT2D eigenvalue weighted by Crippen LogP contribution is 2.18. The van der Waals surface area contributed by atoms with Crippen molar-refractivity contribution in [2.75, 3.05) is 26.4 Å². The minimum Gasteiger partial charge on any atom is -0.396 e. The predicted molar refractivity (Wildman–Crippen MR) is 98.6 cm³/mol. The zero-order valence-electron chi connectivity index (χ0n) is 16.0. The molecule has 1 aromatic carbocycles. The fraction of sp³-hybridized carbons (Fsp3) is 0.368. The number of aliphatic hydroxyl groups excluding tert-OH is 4. The van der Waals surface area contributed by atoms with E-state index in [4.69, 9.17) is 20.4 Å². The van der Waals surface area contributed by atoms with Crippen LogP contribution in [0.5, 0.6) is 0 Å². The van der Waals surface area contributed by atoms with E-state index in [1.807, 2.05) is 0 Å². The Morgan fingerprint density at radius 1 is 0.724 bits per heavy atom. The van der Waals surface area contributed by atoms with Gasteiger partial charge in [0.25, 0.3) is 0 Å². The van der Waals surface area contributed by atoms with E-state index in [9.17, 15) is 19.2 Å². The average Bonchev–Trinajstić information content (AvgIpc) is 3.24. The van der Waals surface area contributed by atoms with Crippen LogP contribution in [0.15, 0.2) is 36.4 Å². The van der Waals surface area contributed by atoms with Crippen molar-refractivity contribution in [2.24, 2.45) is 5.41 Å². The highest BCUT2D eigenvalue weighted by atomic mass is 16.6. The number of carbonyl (C=O) groups is 4. The normalized spacial score (nSPS) is 13.7. The Morgan fingerprint density at radius 2 is 1.10 bits per heavy atom. The summed E-state index contributed by atoms with van der Waals surface area (Å²) >= 11 is 0. The van der Waals surface area contributed by atoms with E-state index < -0.39 is 23.9 Å². The van der Waals surface area contributed by atoms with Crippen molar-refractivity contribution in [1.29, 1.82) is 0 Å². The van der Waals surface area contributed by atoms with E-state index >= 15 is 0 Å². The van der Waals surface area contributed by atoms with E-state index in [1.165, 1.54) is 0 Å². The minimum atomic E-state index is -0.579. The Bertz CT molecular complexity index is 679. The summed E-state index contributed by atoms with van der Waals surface area (Å²) in [5, 5.41) is 32.1. The molecule has 3 rings (SSSR count). The number of fused-ring (bicyclic) bond motifs is 1. The molecule has 0 unspecified atom stereocenters. The van der Waals surface area contributed by atoms with E-state index in [0.717, 1.165) is 12.2 Å². The first-order chi connectivity index (χ1) is 13.6. The number of benzene rings is 1. The molecule has 29 heavy (non-hydrogen) atoms. The Morgan fingerprint density at radius 3 is 1.31 bits per heavy atom. The van der Waals surface area contributed by atoms with Gasteiger partial charge >= 0.3 is 23.9 Å². The van der Waals surface area contributed by atoms with Crippen LogP contribution in [0, 0.1) is 5.41 Å². The summed E-state index contributed by atoms with van der Waals surface area (Å²) < 4.78 is 8.33. The van der Waals surface area contributed by atoms with Gasteiger partial charge in [-0.05, 0) is 12.1 Å². The number of aliphatic hydroxyl groups is 4. The third-order valence-electron chi connectivity index (χ3n) is 3.07. The van der Waals surface area contributed by atoms with Crippen LogP contribution in [-0.4, -0.2) is 70.7 Å². The fourth-order valence-electron chi connectivity index (χ4n) is 1.39. The first-order valence-corrected chi connectivity index (χ1v) is 8.34. The number of rotatable bonds is 3. The van der Waals surface area contributed by atoms with Crippen molar-refractivity contribution in [3.8, 4) is 0 Å². The lowest BCUT2D eigenvalue weighted by Gasteiger charge is -2.16. The highest BCUT2D eigenvalue weighted by Gasteiger charge is 2.28. The summed E-state index contributed by atoms with van der Waals surface area (Å²) in [6.45, 7) is 3.44. The lowest BCUT2D eigenvalue weighted by atomic mass is 9.97.